The molecule has 0 amide bonds. The van der Waals surface area contributed by atoms with Crippen LogP contribution >= 0.6 is 0 Å². The van der Waals surface area contributed by atoms with Gasteiger partial charge in [-0.3, -0.25) is 0 Å². The average Bonchev–Trinajstić information content (AvgIpc) is 2.66. The normalized spacial score (nSPS) is 12.5. The van der Waals surface area contributed by atoms with Crippen LogP contribution in [0.3, 0.4) is 0 Å². The quantitative estimate of drug-likeness (QED) is 0.745. The lowest BCUT2D eigenvalue weighted by Gasteiger charge is -2.03. The number of aromatic nitrogens is 1. The van der Waals surface area contributed by atoms with Crippen molar-refractivity contribution in [3.05, 3.63) is 64.3 Å². The Morgan fingerprint density at radius 2 is 1.48 bits per heavy atom. The van der Waals surface area contributed by atoms with E-state index in [1.807, 2.05) is 19.1 Å². The zero-order chi connectivity index (χ0) is 15.7. The number of rotatable bonds is 3. The van der Waals surface area contributed by atoms with E-state index in [1.54, 1.807) is 0 Å². The molecule has 0 bridgehead atoms. The molecule has 2 rings (SSSR count). The van der Waals surface area contributed by atoms with E-state index in [9.17, 15) is 0 Å². The van der Waals surface area contributed by atoms with Crippen LogP contribution in [0.5, 0.6) is 0 Å². The van der Waals surface area contributed by atoms with Crippen LogP contribution in [0.1, 0.15) is 25.0 Å². The van der Waals surface area contributed by atoms with Gasteiger partial charge in [-0.25, -0.2) is 0 Å². The van der Waals surface area contributed by atoms with Gasteiger partial charge in [0.1, 0.15) is 0 Å². The molecule has 0 unspecified atom stereocenters. The molecular formula is C20H23N. The fourth-order valence-electron chi connectivity index (χ4n) is 2.79. The van der Waals surface area contributed by atoms with Crippen LogP contribution in [-0.2, 0) is 0 Å². The molecule has 1 nitrogen and oxygen atoms in total. The Hall–Kier alpha value is -2.28. The number of nitrogens with zero attached hydrogens (tertiary/aromatic N) is 1. The molecule has 0 aliphatic rings. The van der Waals surface area contributed by atoms with Crippen LogP contribution in [0.4, 0.5) is 0 Å². The zero-order valence-corrected chi connectivity index (χ0v) is 13.5. The summed E-state index contributed by atoms with van der Waals surface area (Å²) >= 11 is 0. The van der Waals surface area contributed by atoms with E-state index in [0.717, 1.165) is 22.0 Å². The molecule has 1 aromatic heterocycles. The molecule has 0 spiro atoms. The maximum atomic E-state index is 4.28. The first kappa shape index (κ1) is 15.1. The number of allylic oxidation sites excluding steroid dienone is 5. The SMILES string of the molecule is C=C(C)/C=C\C=C(/C)n1c(=C)c2c(C)ccc(C)c2c1=C. The lowest BCUT2D eigenvalue weighted by atomic mass is 10.0. The summed E-state index contributed by atoms with van der Waals surface area (Å²) in [6.45, 7) is 20.7. The van der Waals surface area contributed by atoms with Gasteiger partial charge in [0.15, 0.2) is 0 Å². The predicted molar refractivity (Wildman–Crippen MR) is 95.6 cm³/mol. The van der Waals surface area contributed by atoms with Crippen LogP contribution < -0.4 is 10.7 Å². The highest BCUT2D eigenvalue weighted by atomic mass is 15.0. The van der Waals surface area contributed by atoms with E-state index in [-0.39, 0.29) is 0 Å². The van der Waals surface area contributed by atoms with Crippen molar-refractivity contribution in [1.82, 2.24) is 4.57 Å². The molecule has 0 atom stereocenters. The average molecular weight is 277 g/mol. The monoisotopic (exact) mass is 277 g/mol. The summed E-state index contributed by atoms with van der Waals surface area (Å²) < 4.78 is 2.13. The molecule has 0 aliphatic carbocycles. The molecule has 0 aliphatic heterocycles. The minimum atomic E-state index is 1.01. The van der Waals surface area contributed by atoms with Gasteiger partial charge in [-0.2, -0.15) is 0 Å². The van der Waals surface area contributed by atoms with Crippen LogP contribution in [0.2, 0.25) is 0 Å². The van der Waals surface area contributed by atoms with Gasteiger partial charge in [-0.15, -0.1) is 0 Å². The van der Waals surface area contributed by atoms with E-state index in [0.29, 0.717) is 0 Å². The highest BCUT2D eigenvalue weighted by molar-refractivity contribution is 5.90. The van der Waals surface area contributed by atoms with Gasteiger partial charge in [-0.1, -0.05) is 49.6 Å². The van der Waals surface area contributed by atoms with Crippen molar-refractivity contribution in [3.8, 4) is 0 Å². The molecule has 1 aromatic carbocycles. The summed E-state index contributed by atoms with van der Waals surface area (Å²) in [5, 5.41) is 4.45. The predicted octanol–water partition coefficient (Wildman–Crippen LogP) is 4.07. The van der Waals surface area contributed by atoms with Gasteiger partial charge >= 0.3 is 0 Å². The van der Waals surface area contributed by atoms with Crippen LogP contribution in [0.15, 0.2) is 42.5 Å². The fraction of sp³-hybridized carbons (Fsp3) is 0.200. The van der Waals surface area contributed by atoms with Gasteiger partial charge in [0.2, 0.25) is 0 Å². The first-order chi connectivity index (χ1) is 9.84. The number of hydrogen-bond acceptors (Lipinski definition) is 0. The van der Waals surface area contributed by atoms with Crippen molar-refractivity contribution in [3.63, 3.8) is 0 Å². The van der Waals surface area contributed by atoms with Crippen molar-refractivity contribution >= 4 is 29.6 Å². The molecule has 0 saturated heterocycles. The minimum Gasteiger partial charge on any atom is -0.314 e. The zero-order valence-electron chi connectivity index (χ0n) is 13.5. The fourth-order valence-corrected chi connectivity index (χ4v) is 2.79. The van der Waals surface area contributed by atoms with Crippen molar-refractivity contribution < 1.29 is 0 Å². The van der Waals surface area contributed by atoms with E-state index in [2.05, 4.69) is 63.3 Å². The van der Waals surface area contributed by atoms with Gasteiger partial charge in [-0.05, 0) is 44.9 Å². The van der Waals surface area contributed by atoms with Crippen molar-refractivity contribution in [1.29, 1.82) is 0 Å². The molecule has 1 heterocycles. The Morgan fingerprint density at radius 1 is 1.00 bits per heavy atom. The first-order valence-electron chi connectivity index (χ1n) is 7.14. The van der Waals surface area contributed by atoms with Gasteiger partial charge in [0, 0.05) is 27.2 Å². The number of fused-ring (bicyclic) bond motifs is 1. The largest absolute Gasteiger partial charge is 0.314 e. The second kappa shape index (κ2) is 5.61. The van der Waals surface area contributed by atoms with E-state index < -0.39 is 0 Å². The van der Waals surface area contributed by atoms with E-state index in [1.165, 1.54) is 21.9 Å². The standard InChI is InChI=1S/C20H23N/c1-13(2)9-8-10-16(5)21-17(6)19-14(3)11-12-15(4)20(19)18(21)7/h8-12H,1,6-7H2,2-5H3/b9-8-,16-10+. The topological polar surface area (TPSA) is 4.93 Å². The third-order valence-electron chi connectivity index (χ3n) is 3.81. The van der Waals surface area contributed by atoms with Crippen molar-refractivity contribution in [2.24, 2.45) is 0 Å². The summed E-state index contributed by atoms with van der Waals surface area (Å²) in [5.74, 6) is 0. The first-order valence-corrected chi connectivity index (χ1v) is 7.14. The third-order valence-corrected chi connectivity index (χ3v) is 3.81. The molecule has 2 aromatic rings. The summed E-state index contributed by atoms with van der Waals surface area (Å²) in [4.78, 5) is 0. The smallest absolute Gasteiger partial charge is 0.0468 e. The van der Waals surface area contributed by atoms with Crippen LogP contribution in [0, 0.1) is 13.8 Å². The van der Waals surface area contributed by atoms with Gasteiger partial charge < -0.3 is 4.57 Å². The molecule has 0 radical (unpaired) electrons. The minimum absolute atomic E-state index is 1.01. The Bertz CT molecular complexity index is 820. The summed E-state index contributed by atoms with van der Waals surface area (Å²) in [6, 6.07) is 4.30. The van der Waals surface area contributed by atoms with Crippen molar-refractivity contribution in [2.45, 2.75) is 27.7 Å². The molecular weight excluding hydrogens is 254 g/mol. The molecule has 21 heavy (non-hydrogen) atoms. The number of benzene rings is 1. The lowest BCUT2D eigenvalue weighted by molar-refractivity contribution is 1.03. The van der Waals surface area contributed by atoms with E-state index in [4.69, 9.17) is 0 Å². The Balaban J connectivity index is 2.75. The highest BCUT2D eigenvalue weighted by Crippen LogP contribution is 2.17. The Morgan fingerprint density at radius 3 is 1.90 bits per heavy atom. The highest BCUT2D eigenvalue weighted by Gasteiger charge is 2.10. The lowest BCUT2D eigenvalue weighted by Crippen LogP contribution is -2.23. The maximum absolute atomic E-state index is 4.28. The Labute approximate surface area is 126 Å². The molecule has 0 N–H and O–H groups in total. The third kappa shape index (κ3) is 2.64. The van der Waals surface area contributed by atoms with E-state index >= 15 is 0 Å². The molecule has 0 saturated carbocycles. The molecule has 108 valence electrons. The van der Waals surface area contributed by atoms with Crippen LogP contribution in [0.25, 0.3) is 29.6 Å². The van der Waals surface area contributed by atoms with Gasteiger partial charge in [0.25, 0.3) is 0 Å². The second-order valence-electron chi connectivity index (χ2n) is 5.69. The molecule has 1 heteroatoms. The maximum Gasteiger partial charge on any atom is 0.0468 e. The summed E-state index contributed by atoms with van der Waals surface area (Å²) in [5.41, 5.74) is 4.63. The van der Waals surface area contributed by atoms with Crippen molar-refractivity contribution in [2.75, 3.05) is 0 Å². The summed E-state index contributed by atoms with van der Waals surface area (Å²) in [7, 11) is 0. The van der Waals surface area contributed by atoms with Crippen LogP contribution in [-0.4, -0.2) is 4.57 Å². The summed E-state index contributed by atoms with van der Waals surface area (Å²) in [6.07, 6.45) is 6.08. The number of hydrogen-bond donors (Lipinski definition) is 0. The Kier molecular flexibility index (Phi) is 4.04. The number of aryl methyl sites for hydroxylation is 2. The van der Waals surface area contributed by atoms with Gasteiger partial charge in [0.05, 0.1) is 0 Å². The second-order valence-corrected chi connectivity index (χ2v) is 5.69. The molecule has 0 fully saturated rings.